The van der Waals surface area contributed by atoms with E-state index in [4.69, 9.17) is 13.9 Å². The molecule has 0 aliphatic carbocycles. The molecule has 1 unspecified atom stereocenters. The van der Waals surface area contributed by atoms with E-state index in [2.05, 4.69) is 6.07 Å². The number of aryl methyl sites for hydroxylation is 2. The van der Waals surface area contributed by atoms with E-state index in [0.29, 0.717) is 24.6 Å². The highest BCUT2D eigenvalue weighted by atomic mass is 16.5. The van der Waals surface area contributed by atoms with E-state index < -0.39 is 0 Å². The van der Waals surface area contributed by atoms with Crippen molar-refractivity contribution < 1.29 is 18.7 Å². The third kappa shape index (κ3) is 3.01. The van der Waals surface area contributed by atoms with Crippen LogP contribution < -0.4 is 9.47 Å². The smallest absolute Gasteiger partial charge is 0.289 e. The van der Waals surface area contributed by atoms with Crippen molar-refractivity contribution in [1.29, 1.82) is 0 Å². The Labute approximate surface area is 164 Å². The third-order valence-electron chi connectivity index (χ3n) is 5.64. The van der Waals surface area contributed by atoms with Crippen molar-refractivity contribution in [3.8, 4) is 11.5 Å². The molecule has 0 spiro atoms. The number of ether oxygens (including phenoxy) is 2. The van der Waals surface area contributed by atoms with Gasteiger partial charge in [0.2, 0.25) is 0 Å². The molecule has 0 radical (unpaired) electrons. The monoisotopic (exact) mass is 379 g/mol. The molecule has 0 bridgehead atoms. The van der Waals surface area contributed by atoms with Gasteiger partial charge in [-0.15, -0.1) is 0 Å². The van der Waals surface area contributed by atoms with Gasteiger partial charge >= 0.3 is 0 Å². The molecule has 1 amide bonds. The number of likely N-dealkylation sites (tertiary alicyclic amines) is 1. The highest BCUT2D eigenvalue weighted by Gasteiger charge is 2.32. The minimum absolute atomic E-state index is 0.0456. The van der Waals surface area contributed by atoms with Gasteiger partial charge in [-0.1, -0.05) is 24.3 Å². The Balaban J connectivity index is 1.60. The van der Waals surface area contributed by atoms with Crippen LogP contribution in [0, 0.1) is 13.8 Å². The molecule has 5 heteroatoms. The van der Waals surface area contributed by atoms with Crippen LogP contribution in [0.15, 0.2) is 40.8 Å². The summed E-state index contributed by atoms with van der Waals surface area (Å²) in [6, 6.07) is 11.9. The fourth-order valence-corrected chi connectivity index (χ4v) is 4.11. The van der Waals surface area contributed by atoms with Crippen LogP contribution in [-0.4, -0.2) is 38.1 Å². The maximum absolute atomic E-state index is 13.2. The summed E-state index contributed by atoms with van der Waals surface area (Å²) in [5.41, 5.74) is 3.87. The van der Waals surface area contributed by atoms with Crippen LogP contribution in [0.1, 0.15) is 39.6 Å². The second kappa shape index (κ2) is 7.23. The lowest BCUT2D eigenvalue weighted by Crippen LogP contribution is -2.28. The average Bonchev–Trinajstić information content (AvgIpc) is 3.31. The van der Waals surface area contributed by atoms with Gasteiger partial charge in [-0.3, -0.25) is 4.79 Å². The van der Waals surface area contributed by atoms with Gasteiger partial charge in [-0.2, -0.15) is 0 Å². The molecule has 2 heterocycles. The summed E-state index contributed by atoms with van der Waals surface area (Å²) < 4.78 is 16.9. The molecular weight excluding hydrogens is 354 g/mol. The van der Waals surface area contributed by atoms with Crippen LogP contribution in [0.3, 0.4) is 0 Å². The molecule has 0 saturated carbocycles. The van der Waals surface area contributed by atoms with Crippen LogP contribution >= 0.6 is 0 Å². The quantitative estimate of drug-likeness (QED) is 0.659. The predicted molar refractivity (Wildman–Crippen MR) is 108 cm³/mol. The van der Waals surface area contributed by atoms with Crippen LogP contribution in [0.25, 0.3) is 11.0 Å². The number of hydrogen-bond donors (Lipinski definition) is 0. The summed E-state index contributed by atoms with van der Waals surface area (Å²) in [5.74, 6) is 2.07. The van der Waals surface area contributed by atoms with Gasteiger partial charge in [0.05, 0.1) is 14.2 Å². The lowest BCUT2D eigenvalue weighted by atomic mass is 9.97. The molecule has 28 heavy (non-hydrogen) atoms. The summed E-state index contributed by atoms with van der Waals surface area (Å²) in [4.78, 5) is 15.0. The number of amides is 1. The van der Waals surface area contributed by atoms with Gasteiger partial charge in [0, 0.05) is 35.5 Å². The van der Waals surface area contributed by atoms with Crippen LogP contribution in [0.5, 0.6) is 11.5 Å². The van der Waals surface area contributed by atoms with Crippen molar-refractivity contribution in [2.45, 2.75) is 26.2 Å². The fourth-order valence-electron chi connectivity index (χ4n) is 4.11. The number of nitrogens with zero attached hydrogens (tertiary/aromatic N) is 1. The van der Waals surface area contributed by atoms with Gasteiger partial charge in [0.15, 0.2) is 17.3 Å². The molecule has 1 atom stereocenters. The van der Waals surface area contributed by atoms with Gasteiger partial charge in [0.1, 0.15) is 5.58 Å². The number of hydrogen-bond acceptors (Lipinski definition) is 4. The van der Waals surface area contributed by atoms with E-state index in [1.54, 1.807) is 14.2 Å². The molecule has 3 aromatic rings. The zero-order valence-electron chi connectivity index (χ0n) is 16.7. The third-order valence-corrected chi connectivity index (χ3v) is 5.64. The summed E-state index contributed by atoms with van der Waals surface area (Å²) in [5, 5.41) is 0.999. The maximum Gasteiger partial charge on any atom is 0.289 e. The molecule has 2 aromatic carbocycles. The highest BCUT2D eigenvalue weighted by molar-refractivity contribution is 5.99. The first-order chi connectivity index (χ1) is 13.5. The summed E-state index contributed by atoms with van der Waals surface area (Å²) >= 11 is 0. The molecule has 1 saturated heterocycles. The Morgan fingerprint density at radius 1 is 1.14 bits per heavy atom. The summed E-state index contributed by atoms with van der Waals surface area (Å²) in [6.07, 6.45) is 0.883. The second-order valence-corrected chi connectivity index (χ2v) is 7.38. The number of fused-ring (bicyclic) bond motifs is 1. The van der Waals surface area contributed by atoms with Crippen molar-refractivity contribution in [2.75, 3.05) is 27.3 Å². The fraction of sp³-hybridized carbons (Fsp3) is 0.348. The summed E-state index contributed by atoms with van der Waals surface area (Å²) in [7, 11) is 3.29. The Hall–Kier alpha value is -2.95. The number of methoxy groups -OCH3 is 2. The Bertz CT molecular complexity index is 1040. The van der Waals surface area contributed by atoms with Gasteiger partial charge in [-0.25, -0.2) is 0 Å². The van der Waals surface area contributed by atoms with E-state index in [-0.39, 0.29) is 11.8 Å². The molecular formula is C23H25NO4. The van der Waals surface area contributed by atoms with E-state index in [1.165, 1.54) is 0 Å². The molecule has 0 N–H and O–H groups in total. The van der Waals surface area contributed by atoms with Crippen molar-refractivity contribution in [2.24, 2.45) is 0 Å². The summed E-state index contributed by atoms with van der Waals surface area (Å²) in [6.45, 7) is 5.30. The first kappa shape index (κ1) is 18.4. The predicted octanol–water partition coefficient (Wildman–Crippen LogP) is 4.70. The Morgan fingerprint density at radius 3 is 2.71 bits per heavy atom. The zero-order chi connectivity index (χ0) is 19.8. The van der Waals surface area contributed by atoms with Crippen molar-refractivity contribution in [1.82, 2.24) is 4.90 Å². The van der Waals surface area contributed by atoms with Crippen molar-refractivity contribution in [3.05, 3.63) is 58.8 Å². The Kier molecular flexibility index (Phi) is 4.75. The average molecular weight is 379 g/mol. The number of benzene rings is 2. The first-order valence-corrected chi connectivity index (χ1v) is 9.53. The molecule has 5 nitrogen and oxygen atoms in total. The number of furan rings is 1. The molecule has 1 aliphatic heterocycles. The van der Waals surface area contributed by atoms with Gasteiger partial charge in [-0.05, 0) is 38.0 Å². The van der Waals surface area contributed by atoms with Crippen molar-refractivity contribution in [3.63, 3.8) is 0 Å². The molecule has 4 rings (SSSR count). The molecule has 1 aromatic heterocycles. The Morgan fingerprint density at radius 2 is 1.96 bits per heavy atom. The first-order valence-electron chi connectivity index (χ1n) is 9.53. The van der Waals surface area contributed by atoms with Crippen molar-refractivity contribution >= 4 is 16.9 Å². The number of carbonyl (C=O) groups is 1. The number of carbonyl (C=O) groups excluding carboxylic acids is 1. The normalized spacial score (nSPS) is 16.6. The number of para-hydroxylation sites is 1. The van der Waals surface area contributed by atoms with Gasteiger partial charge < -0.3 is 18.8 Å². The zero-order valence-corrected chi connectivity index (χ0v) is 16.7. The number of rotatable bonds is 4. The largest absolute Gasteiger partial charge is 0.493 e. The lowest BCUT2D eigenvalue weighted by molar-refractivity contribution is 0.0760. The SMILES string of the molecule is COc1cccc(C2CCN(C(=O)c3oc4cc(C)ccc4c3C)C2)c1OC. The van der Waals surface area contributed by atoms with Gasteiger partial charge in [0.25, 0.3) is 5.91 Å². The minimum atomic E-state index is -0.0456. The van der Waals surface area contributed by atoms with E-state index in [1.807, 2.05) is 49.1 Å². The lowest BCUT2D eigenvalue weighted by Gasteiger charge is -2.18. The van der Waals surface area contributed by atoms with E-state index in [0.717, 1.165) is 39.8 Å². The highest BCUT2D eigenvalue weighted by Crippen LogP contribution is 2.39. The topological polar surface area (TPSA) is 51.9 Å². The molecule has 146 valence electrons. The molecule has 1 aliphatic rings. The van der Waals surface area contributed by atoms with E-state index in [9.17, 15) is 4.79 Å². The standard InChI is InChI=1S/C23H25NO4/c1-14-8-9-17-15(2)21(28-20(17)12-14)23(25)24-11-10-16(13-24)18-6-5-7-19(26-3)22(18)27-4/h5-9,12,16H,10-11,13H2,1-4H3. The second-order valence-electron chi connectivity index (χ2n) is 7.38. The molecule has 1 fully saturated rings. The van der Waals surface area contributed by atoms with Crippen LogP contribution in [-0.2, 0) is 0 Å². The minimum Gasteiger partial charge on any atom is -0.493 e. The maximum atomic E-state index is 13.2. The van der Waals surface area contributed by atoms with Crippen LogP contribution in [0.2, 0.25) is 0 Å². The van der Waals surface area contributed by atoms with E-state index >= 15 is 0 Å². The van der Waals surface area contributed by atoms with Crippen LogP contribution in [0.4, 0.5) is 0 Å².